The summed E-state index contributed by atoms with van der Waals surface area (Å²) in [5, 5.41) is 8.47. The molecule has 7 nitrogen and oxygen atoms in total. The maximum atomic E-state index is 11.8. The molecule has 1 aromatic rings. The van der Waals surface area contributed by atoms with Crippen molar-refractivity contribution >= 4 is 17.8 Å². The predicted molar refractivity (Wildman–Crippen MR) is 83.9 cm³/mol. The van der Waals surface area contributed by atoms with Crippen molar-refractivity contribution in [2.75, 3.05) is 6.61 Å². The van der Waals surface area contributed by atoms with Crippen LogP contribution < -0.4 is 15.6 Å². The molecule has 1 rings (SSSR count). The first-order valence-electron chi connectivity index (χ1n) is 7.56. The van der Waals surface area contributed by atoms with E-state index < -0.39 is 17.8 Å². The van der Waals surface area contributed by atoms with E-state index in [-0.39, 0.29) is 19.3 Å². The number of carbonyl (C=O) groups excluding carboxylic acids is 2. The SMILES string of the molecule is CCCCOc1ccc(C(=O)NNC(=O)CCCC(=O)O)cc1. The van der Waals surface area contributed by atoms with Gasteiger partial charge in [0.25, 0.3) is 5.91 Å². The molecule has 0 atom stereocenters. The minimum Gasteiger partial charge on any atom is -0.494 e. The molecule has 0 bridgehead atoms. The second-order valence-corrected chi connectivity index (χ2v) is 4.98. The van der Waals surface area contributed by atoms with Crippen LogP contribution in [0.5, 0.6) is 5.75 Å². The summed E-state index contributed by atoms with van der Waals surface area (Å²) in [5.41, 5.74) is 4.92. The van der Waals surface area contributed by atoms with Crippen LogP contribution in [0.4, 0.5) is 0 Å². The number of hydrazine groups is 1. The molecule has 0 radical (unpaired) electrons. The lowest BCUT2D eigenvalue weighted by molar-refractivity contribution is -0.137. The fourth-order valence-corrected chi connectivity index (χ4v) is 1.70. The number of carbonyl (C=O) groups is 3. The van der Waals surface area contributed by atoms with Gasteiger partial charge in [-0.25, -0.2) is 0 Å². The first kappa shape index (κ1) is 18.5. The van der Waals surface area contributed by atoms with E-state index in [0.717, 1.165) is 12.8 Å². The standard InChI is InChI=1S/C16H22N2O5/c1-2-3-11-23-13-9-7-12(8-10-13)16(22)18-17-14(19)5-4-6-15(20)21/h7-10H,2-6,11H2,1H3,(H,17,19)(H,18,22)(H,20,21). The summed E-state index contributed by atoms with van der Waals surface area (Å²) in [7, 11) is 0. The summed E-state index contributed by atoms with van der Waals surface area (Å²) in [6, 6.07) is 6.60. The molecule has 0 saturated carbocycles. The molecule has 2 amide bonds. The predicted octanol–water partition coefficient (Wildman–Crippen LogP) is 1.88. The lowest BCUT2D eigenvalue weighted by Crippen LogP contribution is -2.41. The van der Waals surface area contributed by atoms with Crippen LogP contribution in [0.25, 0.3) is 0 Å². The number of ether oxygens (including phenoxy) is 1. The van der Waals surface area contributed by atoms with Crippen molar-refractivity contribution in [2.45, 2.75) is 39.0 Å². The average molecular weight is 322 g/mol. The average Bonchev–Trinajstić information content (AvgIpc) is 2.53. The molecule has 0 aliphatic heterocycles. The number of unbranched alkanes of at least 4 members (excludes halogenated alkanes) is 1. The first-order chi connectivity index (χ1) is 11.0. The van der Waals surface area contributed by atoms with Gasteiger partial charge in [-0.3, -0.25) is 25.2 Å². The Bertz CT molecular complexity index is 528. The van der Waals surface area contributed by atoms with Crippen LogP contribution >= 0.6 is 0 Å². The Labute approximate surface area is 135 Å². The Morgan fingerprint density at radius 2 is 1.74 bits per heavy atom. The second kappa shape index (κ2) is 10.2. The van der Waals surface area contributed by atoms with Crippen molar-refractivity contribution in [1.82, 2.24) is 10.9 Å². The van der Waals surface area contributed by atoms with Crippen LogP contribution in [-0.2, 0) is 9.59 Å². The van der Waals surface area contributed by atoms with Crippen LogP contribution in [0.2, 0.25) is 0 Å². The highest BCUT2D eigenvalue weighted by Crippen LogP contribution is 2.12. The van der Waals surface area contributed by atoms with Crippen molar-refractivity contribution in [3.63, 3.8) is 0 Å². The number of nitrogens with one attached hydrogen (secondary N) is 2. The molecule has 0 unspecified atom stereocenters. The minimum absolute atomic E-state index is 0.0385. The smallest absolute Gasteiger partial charge is 0.303 e. The Balaban J connectivity index is 2.34. The van der Waals surface area contributed by atoms with Gasteiger partial charge in [0.15, 0.2) is 0 Å². The molecule has 3 N–H and O–H groups in total. The molecule has 0 spiro atoms. The molecule has 0 aromatic heterocycles. The zero-order chi connectivity index (χ0) is 17.1. The van der Waals surface area contributed by atoms with E-state index in [0.29, 0.717) is 17.9 Å². The Morgan fingerprint density at radius 3 is 2.35 bits per heavy atom. The Morgan fingerprint density at radius 1 is 1.04 bits per heavy atom. The zero-order valence-electron chi connectivity index (χ0n) is 13.1. The van der Waals surface area contributed by atoms with E-state index in [1.807, 2.05) is 0 Å². The molecule has 0 saturated heterocycles. The van der Waals surface area contributed by atoms with Crippen LogP contribution in [-0.4, -0.2) is 29.5 Å². The topological polar surface area (TPSA) is 105 Å². The summed E-state index contributed by atoms with van der Waals surface area (Å²) in [4.78, 5) is 33.6. The van der Waals surface area contributed by atoms with Gasteiger partial charge in [0.05, 0.1) is 6.61 Å². The van der Waals surface area contributed by atoms with Crippen molar-refractivity contribution in [3.8, 4) is 5.75 Å². The van der Waals surface area contributed by atoms with Gasteiger partial charge in [0.1, 0.15) is 5.75 Å². The number of aliphatic carboxylic acids is 1. The number of rotatable bonds is 9. The number of benzene rings is 1. The van der Waals surface area contributed by atoms with Crippen LogP contribution in [0, 0.1) is 0 Å². The summed E-state index contributed by atoms with van der Waals surface area (Å²) >= 11 is 0. The Hall–Kier alpha value is -2.57. The van der Waals surface area contributed by atoms with Gasteiger partial charge in [-0.1, -0.05) is 13.3 Å². The van der Waals surface area contributed by atoms with Crippen LogP contribution in [0.1, 0.15) is 49.4 Å². The maximum absolute atomic E-state index is 11.8. The second-order valence-electron chi connectivity index (χ2n) is 4.98. The van der Waals surface area contributed by atoms with Gasteiger partial charge in [-0.2, -0.15) is 0 Å². The van der Waals surface area contributed by atoms with E-state index in [4.69, 9.17) is 9.84 Å². The largest absolute Gasteiger partial charge is 0.494 e. The molecule has 0 aliphatic rings. The van der Waals surface area contributed by atoms with Crippen LogP contribution in [0.15, 0.2) is 24.3 Å². The van der Waals surface area contributed by atoms with Crippen molar-refractivity contribution in [1.29, 1.82) is 0 Å². The molecule has 7 heteroatoms. The highest BCUT2D eigenvalue weighted by Gasteiger charge is 2.08. The monoisotopic (exact) mass is 322 g/mol. The molecule has 0 heterocycles. The van der Waals surface area contributed by atoms with Gasteiger partial charge in [-0.05, 0) is 37.1 Å². The van der Waals surface area contributed by atoms with Crippen molar-refractivity contribution in [3.05, 3.63) is 29.8 Å². The maximum Gasteiger partial charge on any atom is 0.303 e. The first-order valence-corrected chi connectivity index (χ1v) is 7.56. The number of carboxylic acids is 1. The van der Waals surface area contributed by atoms with E-state index in [9.17, 15) is 14.4 Å². The molecule has 0 aliphatic carbocycles. The number of hydrogen-bond acceptors (Lipinski definition) is 4. The molecular formula is C16H22N2O5. The summed E-state index contributed by atoms with van der Waals surface area (Å²) in [5.74, 6) is -1.15. The lowest BCUT2D eigenvalue weighted by Gasteiger charge is -2.08. The highest BCUT2D eigenvalue weighted by atomic mass is 16.5. The summed E-state index contributed by atoms with van der Waals surface area (Å²) in [6.07, 6.45) is 2.20. The van der Waals surface area contributed by atoms with Gasteiger partial charge in [-0.15, -0.1) is 0 Å². The highest BCUT2D eigenvalue weighted by molar-refractivity contribution is 5.95. The van der Waals surface area contributed by atoms with Gasteiger partial charge in [0.2, 0.25) is 5.91 Å². The van der Waals surface area contributed by atoms with E-state index in [1.54, 1.807) is 24.3 Å². The fourth-order valence-electron chi connectivity index (χ4n) is 1.70. The Kier molecular flexibility index (Phi) is 8.20. The van der Waals surface area contributed by atoms with Gasteiger partial charge < -0.3 is 9.84 Å². The zero-order valence-corrected chi connectivity index (χ0v) is 13.1. The van der Waals surface area contributed by atoms with Gasteiger partial charge in [0, 0.05) is 18.4 Å². The normalized spacial score (nSPS) is 9.96. The van der Waals surface area contributed by atoms with E-state index >= 15 is 0 Å². The number of amides is 2. The van der Waals surface area contributed by atoms with Crippen molar-refractivity contribution < 1.29 is 24.2 Å². The van der Waals surface area contributed by atoms with Gasteiger partial charge >= 0.3 is 5.97 Å². The third-order valence-corrected chi connectivity index (χ3v) is 2.99. The molecule has 0 fully saturated rings. The van der Waals surface area contributed by atoms with E-state index in [1.165, 1.54) is 0 Å². The molecule has 23 heavy (non-hydrogen) atoms. The summed E-state index contributed by atoms with van der Waals surface area (Å²) < 4.78 is 5.49. The number of carboxylic acid groups (broad SMARTS) is 1. The quantitative estimate of drug-likeness (QED) is 0.475. The third-order valence-electron chi connectivity index (χ3n) is 2.99. The molecular weight excluding hydrogens is 300 g/mol. The molecule has 1 aromatic carbocycles. The fraction of sp³-hybridized carbons (Fsp3) is 0.438. The van der Waals surface area contributed by atoms with Crippen molar-refractivity contribution in [2.24, 2.45) is 0 Å². The molecule has 126 valence electrons. The minimum atomic E-state index is -0.955. The van der Waals surface area contributed by atoms with E-state index in [2.05, 4.69) is 17.8 Å². The lowest BCUT2D eigenvalue weighted by atomic mass is 10.2. The number of hydrogen-bond donors (Lipinski definition) is 3. The summed E-state index contributed by atoms with van der Waals surface area (Å²) in [6.45, 7) is 2.71. The third kappa shape index (κ3) is 7.85. The van der Waals surface area contributed by atoms with Crippen LogP contribution in [0.3, 0.4) is 0 Å².